The van der Waals surface area contributed by atoms with Crippen LogP contribution >= 0.6 is 0 Å². The number of fused-ring (bicyclic) bond motifs is 5. The number of hydrogen-bond donors (Lipinski definition) is 5. The molecule has 0 saturated carbocycles. The molecule has 0 fully saturated rings. The summed E-state index contributed by atoms with van der Waals surface area (Å²) in [6, 6.07) is 6.79. The molecule has 1 heterocycles. The third kappa shape index (κ3) is 6.95. The van der Waals surface area contributed by atoms with Crippen LogP contribution in [0.25, 0.3) is 11.1 Å². The van der Waals surface area contributed by atoms with Gasteiger partial charge in [0, 0.05) is 19.9 Å². The van der Waals surface area contributed by atoms with E-state index in [1.807, 2.05) is 0 Å². The highest BCUT2D eigenvalue weighted by molar-refractivity contribution is 5.92. The monoisotopic (exact) mass is 484 g/mol. The largest absolute Gasteiger partial charge is 0.508 e. The molecule has 2 unspecified atom stereocenters. The van der Waals surface area contributed by atoms with E-state index < -0.39 is 35.8 Å². The number of carbonyl (C=O) groups is 3. The van der Waals surface area contributed by atoms with Gasteiger partial charge in [-0.25, -0.2) is 0 Å². The zero-order chi connectivity index (χ0) is 26.3. The Bertz CT molecular complexity index is 1070. The Morgan fingerprint density at radius 2 is 1.49 bits per heavy atom. The Hall–Kier alpha value is -3.59. The molecule has 7 N–H and O–H groups in total. The van der Waals surface area contributed by atoms with Crippen LogP contribution in [-0.4, -0.2) is 58.0 Å². The van der Waals surface area contributed by atoms with Gasteiger partial charge in [-0.1, -0.05) is 38.8 Å². The number of phenols is 2. The fourth-order valence-electron chi connectivity index (χ4n) is 3.66. The highest BCUT2D eigenvalue weighted by Gasteiger charge is 2.31. The molecule has 2 aromatic rings. The van der Waals surface area contributed by atoms with Gasteiger partial charge in [-0.3, -0.25) is 14.4 Å². The Morgan fingerprint density at radius 1 is 1.00 bits per heavy atom. The van der Waals surface area contributed by atoms with Gasteiger partial charge in [-0.2, -0.15) is 0 Å². The molecule has 3 amide bonds. The molecule has 0 aliphatic carbocycles. The Kier molecular flexibility index (Phi) is 9.65. The average Bonchev–Trinajstić information content (AvgIpc) is 2.83. The lowest BCUT2D eigenvalue weighted by Gasteiger charge is -2.29. The van der Waals surface area contributed by atoms with Crippen LogP contribution in [0, 0.1) is 0 Å². The van der Waals surface area contributed by atoms with Crippen molar-refractivity contribution in [1.82, 2.24) is 10.2 Å². The van der Waals surface area contributed by atoms with Gasteiger partial charge in [-0.05, 0) is 53.4 Å². The second-order valence-corrected chi connectivity index (χ2v) is 8.80. The number of unbranched alkanes of at least 4 members (excludes halogenated alkanes) is 1. The van der Waals surface area contributed by atoms with Crippen LogP contribution in [0.2, 0.25) is 0 Å². The minimum atomic E-state index is -1.04. The van der Waals surface area contributed by atoms with Crippen LogP contribution < -0.4 is 16.8 Å². The molecule has 9 nitrogen and oxygen atoms in total. The summed E-state index contributed by atoms with van der Waals surface area (Å²) in [6.07, 6.45) is 2.68. The van der Waals surface area contributed by atoms with Gasteiger partial charge in [0.05, 0.1) is 6.04 Å². The van der Waals surface area contributed by atoms with Gasteiger partial charge in [0.15, 0.2) is 0 Å². The fraction of sp³-hybridized carbons (Fsp3) is 0.423. The lowest BCUT2D eigenvalue weighted by atomic mass is 9.95. The molecule has 3 atom stereocenters. The molecule has 0 radical (unpaired) electrons. The summed E-state index contributed by atoms with van der Waals surface area (Å²) >= 11 is 0. The van der Waals surface area contributed by atoms with Crippen LogP contribution in [0.3, 0.4) is 0 Å². The number of nitrogens with two attached hydrogens (primary N) is 2. The number of amides is 3. The highest BCUT2D eigenvalue weighted by Crippen LogP contribution is 2.31. The molecule has 1 aliphatic heterocycles. The predicted molar refractivity (Wildman–Crippen MR) is 135 cm³/mol. The van der Waals surface area contributed by atoms with Crippen LogP contribution in [0.4, 0.5) is 0 Å². The summed E-state index contributed by atoms with van der Waals surface area (Å²) in [6.45, 7) is 5.84. The quantitative estimate of drug-likeness (QED) is 0.437. The molecule has 0 aromatic heterocycles. The second-order valence-electron chi connectivity index (χ2n) is 8.80. The number of carbonyl (C=O) groups excluding carboxylic acids is 3. The van der Waals surface area contributed by atoms with E-state index in [1.54, 1.807) is 24.3 Å². The second kappa shape index (κ2) is 12.2. The van der Waals surface area contributed by atoms with E-state index in [0.717, 1.165) is 10.5 Å². The van der Waals surface area contributed by atoms with Crippen molar-refractivity contribution in [2.75, 3.05) is 7.05 Å². The molecule has 35 heavy (non-hydrogen) atoms. The van der Waals surface area contributed by atoms with E-state index >= 15 is 0 Å². The Balaban J connectivity index is 0.00000100. The van der Waals surface area contributed by atoms with Crippen molar-refractivity contribution < 1.29 is 24.6 Å². The molecule has 0 spiro atoms. The third-order valence-electron chi connectivity index (χ3n) is 6.05. The van der Waals surface area contributed by atoms with Crippen molar-refractivity contribution in [2.24, 2.45) is 11.5 Å². The number of aromatic hydroxyl groups is 2. The predicted octanol–water partition coefficient (Wildman–Crippen LogP) is 1.81. The van der Waals surface area contributed by atoms with E-state index in [-0.39, 0.29) is 24.3 Å². The number of phenolic OH excluding ortho intramolecular Hbond substituents is 2. The number of rotatable bonds is 2. The smallest absolute Gasteiger partial charge is 0.245 e. The molecule has 1 aliphatic rings. The molecule has 3 rings (SSSR count). The summed E-state index contributed by atoms with van der Waals surface area (Å²) in [5, 5.41) is 23.1. The van der Waals surface area contributed by atoms with Gasteiger partial charge < -0.3 is 31.9 Å². The minimum absolute atomic E-state index is 0.00651. The van der Waals surface area contributed by atoms with Gasteiger partial charge in [0.2, 0.25) is 17.7 Å². The summed E-state index contributed by atoms with van der Waals surface area (Å²) < 4.78 is 0. The third-order valence-corrected chi connectivity index (χ3v) is 6.05. The van der Waals surface area contributed by atoms with E-state index in [9.17, 15) is 24.6 Å². The summed E-state index contributed by atoms with van der Waals surface area (Å²) in [5.41, 5.74) is 13.9. The number of hydrogen-bond acceptors (Lipinski definition) is 6. The number of nitrogens with zero attached hydrogens (tertiary/aromatic N) is 1. The van der Waals surface area contributed by atoms with Crippen LogP contribution in [0.5, 0.6) is 11.5 Å². The Labute approximate surface area is 206 Å². The lowest BCUT2D eigenvalue weighted by molar-refractivity contribution is -0.140. The van der Waals surface area contributed by atoms with E-state index in [2.05, 4.69) is 19.2 Å². The van der Waals surface area contributed by atoms with Gasteiger partial charge in [0.1, 0.15) is 23.6 Å². The maximum atomic E-state index is 12.8. The zero-order valence-corrected chi connectivity index (χ0v) is 20.7. The van der Waals surface area contributed by atoms with Crippen LogP contribution in [0.15, 0.2) is 36.4 Å². The Morgan fingerprint density at radius 3 is 1.94 bits per heavy atom. The number of primary amides is 1. The molecular weight excluding hydrogens is 448 g/mol. The molecular formula is C26H36N4O5. The first-order valence-electron chi connectivity index (χ1n) is 11.8. The van der Waals surface area contributed by atoms with E-state index in [4.69, 9.17) is 11.5 Å². The lowest BCUT2D eigenvalue weighted by Crippen LogP contribution is -2.55. The summed E-state index contributed by atoms with van der Waals surface area (Å²) in [5.74, 6) is -1.89. The number of likely N-dealkylation sites (N-methyl/N-ethyl adjacent to an activating group) is 1. The van der Waals surface area contributed by atoms with E-state index in [0.29, 0.717) is 16.7 Å². The molecule has 9 heteroatoms. The summed E-state index contributed by atoms with van der Waals surface area (Å²) in [4.78, 5) is 38.6. The van der Waals surface area contributed by atoms with Crippen molar-refractivity contribution in [1.29, 1.82) is 0 Å². The van der Waals surface area contributed by atoms with Crippen LogP contribution in [0.1, 0.15) is 44.7 Å². The average molecular weight is 485 g/mol. The minimum Gasteiger partial charge on any atom is -0.508 e. The molecule has 4 bridgehead atoms. The first-order valence-corrected chi connectivity index (χ1v) is 11.8. The fourth-order valence-corrected chi connectivity index (χ4v) is 3.66. The van der Waals surface area contributed by atoms with Gasteiger partial charge in [-0.15, -0.1) is 0 Å². The number of benzene rings is 2. The van der Waals surface area contributed by atoms with Crippen molar-refractivity contribution in [3.63, 3.8) is 0 Å². The number of nitrogens with one attached hydrogen (secondary N) is 1. The van der Waals surface area contributed by atoms with E-state index in [1.165, 1.54) is 38.9 Å². The molecule has 190 valence electrons. The maximum Gasteiger partial charge on any atom is 0.245 e. The molecule has 0 saturated heterocycles. The van der Waals surface area contributed by atoms with Crippen molar-refractivity contribution >= 4 is 17.7 Å². The highest BCUT2D eigenvalue weighted by atomic mass is 16.3. The topological polar surface area (TPSA) is 159 Å². The SMILES string of the molecule is CCCC.C[C@@H]1NC(=O)C(N)Cc2cc(ccc2O)-c2ccc(O)c(c2)CC(C(N)=O)N(C)C1=O. The summed E-state index contributed by atoms with van der Waals surface area (Å²) in [7, 11) is 1.42. The van der Waals surface area contributed by atoms with Crippen molar-refractivity contribution in [3.8, 4) is 22.6 Å². The van der Waals surface area contributed by atoms with Gasteiger partial charge in [0.25, 0.3) is 0 Å². The van der Waals surface area contributed by atoms with Crippen molar-refractivity contribution in [3.05, 3.63) is 47.5 Å². The zero-order valence-electron chi connectivity index (χ0n) is 20.7. The normalized spacial score (nSPS) is 20.6. The van der Waals surface area contributed by atoms with Gasteiger partial charge >= 0.3 is 0 Å². The maximum absolute atomic E-state index is 12.8. The molecule has 2 aromatic carbocycles. The first kappa shape index (κ1) is 27.7. The first-order chi connectivity index (χ1) is 16.5. The standard InChI is InChI=1S/C22H26N4O5.C4H10/c1-11-22(31)26(2)17(20(24)29)10-15-8-13(4-6-19(15)28)12-3-5-18(27)14(7-12)9-16(23)21(30)25-11;1-3-4-2/h3-8,11,16-17,27-28H,9-10,23H2,1-2H3,(H2,24,29)(H,25,30);3-4H2,1-2H3/t11-,16?,17?;/m0./s1. The van der Waals surface area contributed by atoms with Crippen LogP contribution in [-0.2, 0) is 27.2 Å². The van der Waals surface area contributed by atoms with Crippen molar-refractivity contribution in [2.45, 2.75) is 64.6 Å².